The Labute approximate surface area is 277 Å². The van der Waals surface area contributed by atoms with Crippen molar-refractivity contribution in [2.45, 2.75) is 152 Å². The fourth-order valence-electron chi connectivity index (χ4n) is 8.36. The van der Waals surface area contributed by atoms with Gasteiger partial charge in [0.1, 0.15) is 6.10 Å². The molecule has 254 valence electrons. The van der Waals surface area contributed by atoms with Crippen LogP contribution in [0.3, 0.4) is 0 Å². The molecule has 0 N–H and O–H groups in total. The lowest BCUT2D eigenvalue weighted by molar-refractivity contribution is -0.272. The highest BCUT2D eigenvalue weighted by atomic mass is 28.4. The molecule has 2 aromatic rings. The van der Waals surface area contributed by atoms with Crippen LogP contribution in [-0.2, 0) is 45.8 Å². The average Bonchev–Trinajstić information content (AvgIpc) is 3.15. The Hall–Kier alpha value is -1.62. The van der Waals surface area contributed by atoms with E-state index in [1.165, 1.54) is 5.56 Å². The van der Waals surface area contributed by atoms with Crippen LogP contribution in [0.15, 0.2) is 60.7 Å². The van der Waals surface area contributed by atoms with Crippen LogP contribution in [0, 0.1) is 0 Å². The zero-order valence-corrected chi connectivity index (χ0v) is 30.0. The van der Waals surface area contributed by atoms with Crippen LogP contribution < -0.4 is 0 Å². The zero-order chi connectivity index (χ0) is 32.6. The molecule has 0 aromatic heterocycles. The van der Waals surface area contributed by atoms with E-state index in [0.29, 0.717) is 26.4 Å². The third kappa shape index (κ3) is 7.20. The van der Waals surface area contributed by atoms with Crippen LogP contribution >= 0.6 is 0 Å². The minimum Gasteiger partial charge on any atom is -0.391 e. The number of rotatable bonds is 8. The van der Waals surface area contributed by atoms with E-state index in [2.05, 4.69) is 84.9 Å². The smallest absolute Gasteiger partial charge is 0.349 e. The second-order valence-electron chi connectivity index (χ2n) is 16.1. The van der Waals surface area contributed by atoms with Gasteiger partial charge in [0.15, 0.2) is 0 Å². The summed E-state index contributed by atoms with van der Waals surface area (Å²) in [5.74, 6) is 0. The molecule has 2 aromatic carbocycles. The first-order valence-electron chi connectivity index (χ1n) is 17.4. The quantitative estimate of drug-likeness (QED) is 0.212. The van der Waals surface area contributed by atoms with Crippen LogP contribution in [0.5, 0.6) is 0 Å². The van der Waals surface area contributed by atoms with Crippen molar-refractivity contribution in [3.05, 3.63) is 71.8 Å². The second-order valence-corrected chi connectivity index (χ2v) is 20.9. The van der Waals surface area contributed by atoms with Gasteiger partial charge in [-0.3, -0.25) is 0 Å². The van der Waals surface area contributed by atoms with Gasteiger partial charge < -0.3 is 32.5 Å². The van der Waals surface area contributed by atoms with Gasteiger partial charge in [-0.05, 0) is 37.3 Å². The van der Waals surface area contributed by atoms with Gasteiger partial charge in [0, 0.05) is 29.5 Å². The molecule has 0 radical (unpaired) electrons. The minimum atomic E-state index is -2.61. The summed E-state index contributed by atoms with van der Waals surface area (Å²) in [6.07, 6.45) is 3.70. The van der Waals surface area contributed by atoms with Gasteiger partial charge in [-0.25, -0.2) is 0 Å². The fraction of sp³-hybridized carbons (Fsp3) is 0.684. The number of ether oxygens (including phenoxy) is 5. The van der Waals surface area contributed by atoms with Gasteiger partial charge in [-0.15, -0.1) is 0 Å². The van der Waals surface area contributed by atoms with E-state index in [-0.39, 0.29) is 52.8 Å². The molecule has 0 bridgehead atoms. The maximum absolute atomic E-state index is 7.14. The lowest BCUT2D eigenvalue weighted by atomic mass is 9.84. The SMILES string of the molecule is CC(C)(C)[Si]1(C(C)(C)C)OC[C@H]2O[C@H]3CC[C@H]4O[C@@H](CCOCc5ccccc5)[C@H](OCc5ccccc5)C[C@]4(C)O[C@@H]3C[C@@H]2O1. The Balaban J connectivity index is 1.16. The van der Waals surface area contributed by atoms with E-state index >= 15 is 0 Å². The highest BCUT2D eigenvalue weighted by Crippen LogP contribution is 2.55. The maximum atomic E-state index is 7.14. The molecule has 8 atom stereocenters. The predicted octanol–water partition coefficient (Wildman–Crippen LogP) is 7.89. The predicted molar refractivity (Wildman–Crippen MR) is 181 cm³/mol. The third-order valence-electron chi connectivity index (χ3n) is 10.5. The van der Waals surface area contributed by atoms with Crippen LogP contribution in [0.1, 0.15) is 91.7 Å². The molecule has 4 aliphatic rings. The van der Waals surface area contributed by atoms with Gasteiger partial charge >= 0.3 is 8.56 Å². The molecule has 7 nitrogen and oxygen atoms in total. The van der Waals surface area contributed by atoms with E-state index < -0.39 is 14.2 Å². The number of fused-ring (bicyclic) bond motifs is 3. The first kappa shape index (κ1) is 34.2. The molecule has 4 saturated heterocycles. The Morgan fingerprint density at radius 2 is 1.43 bits per heavy atom. The number of hydrogen-bond acceptors (Lipinski definition) is 7. The zero-order valence-electron chi connectivity index (χ0n) is 29.0. The molecule has 4 aliphatic heterocycles. The van der Waals surface area contributed by atoms with Crippen molar-refractivity contribution >= 4 is 8.56 Å². The van der Waals surface area contributed by atoms with E-state index in [9.17, 15) is 0 Å². The van der Waals surface area contributed by atoms with Crippen LogP contribution in [-0.4, -0.2) is 70.1 Å². The first-order valence-corrected chi connectivity index (χ1v) is 19.3. The Morgan fingerprint density at radius 1 is 0.783 bits per heavy atom. The molecule has 4 fully saturated rings. The summed E-state index contributed by atoms with van der Waals surface area (Å²) in [6.45, 7) is 18.2. The maximum Gasteiger partial charge on any atom is 0.349 e. The molecule has 0 unspecified atom stereocenters. The second kappa shape index (κ2) is 13.7. The van der Waals surface area contributed by atoms with Crippen LogP contribution in [0.2, 0.25) is 10.1 Å². The molecule has 0 aliphatic carbocycles. The van der Waals surface area contributed by atoms with E-state index in [1.54, 1.807) is 0 Å². The molecule has 8 heteroatoms. The monoisotopic (exact) mass is 652 g/mol. The number of hydrogen-bond donors (Lipinski definition) is 0. The Morgan fingerprint density at radius 3 is 2.09 bits per heavy atom. The van der Waals surface area contributed by atoms with Crippen molar-refractivity contribution in [1.82, 2.24) is 0 Å². The van der Waals surface area contributed by atoms with Crippen molar-refractivity contribution in [2.24, 2.45) is 0 Å². The lowest BCUT2D eigenvalue weighted by Gasteiger charge is -2.57. The first-order chi connectivity index (χ1) is 21.9. The van der Waals surface area contributed by atoms with Crippen molar-refractivity contribution < 1.29 is 32.5 Å². The molecule has 6 rings (SSSR count). The summed E-state index contributed by atoms with van der Waals surface area (Å²) >= 11 is 0. The summed E-state index contributed by atoms with van der Waals surface area (Å²) < 4.78 is 47.5. The molecular formula is C38H56O7Si. The Bertz CT molecular complexity index is 1250. The molecule has 0 spiro atoms. The van der Waals surface area contributed by atoms with Gasteiger partial charge in [0.25, 0.3) is 0 Å². The minimum absolute atomic E-state index is 0.00532. The molecule has 46 heavy (non-hydrogen) atoms. The van der Waals surface area contributed by atoms with Gasteiger partial charge in [0.05, 0.1) is 62.0 Å². The van der Waals surface area contributed by atoms with Crippen LogP contribution in [0.4, 0.5) is 0 Å². The summed E-state index contributed by atoms with van der Waals surface area (Å²) in [7, 11) is -2.61. The van der Waals surface area contributed by atoms with Crippen molar-refractivity contribution in [2.75, 3.05) is 13.2 Å². The summed E-state index contributed by atoms with van der Waals surface area (Å²) in [4.78, 5) is 0. The third-order valence-corrected chi connectivity index (χ3v) is 15.7. The van der Waals surface area contributed by atoms with Crippen molar-refractivity contribution in [3.8, 4) is 0 Å². The highest BCUT2D eigenvalue weighted by molar-refractivity contribution is 6.73. The van der Waals surface area contributed by atoms with Crippen LogP contribution in [0.25, 0.3) is 0 Å². The highest BCUT2D eigenvalue weighted by Gasteiger charge is 2.63. The summed E-state index contributed by atoms with van der Waals surface area (Å²) in [5, 5.41) is -0.149. The van der Waals surface area contributed by atoms with Gasteiger partial charge in [0.2, 0.25) is 0 Å². The molecule has 0 saturated carbocycles. The van der Waals surface area contributed by atoms with E-state index in [4.69, 9.17) is 32.5 Å². The standard InChI is InChI=1S/C38H56O7Si/c1-36(2,3)46(37(4,5)6)41-26-34-32(45-46)22-31-29(42-34)18-19-35-38(7,44-31)23-33(40-25-28-16-12-9-13-17-28)30(43-35)20-21-39-24-27-14-10-8-11-15-27/h8-17,29-35H,18-26H2,1-7H3/t29-,30-,31+,32-,33+,34+,35+,38-/m0/s1. The van der Waals surface area contributed by atoms with Crippen molar-refractivity contribution in [3.63, 3.8) is 0 Å². The summed E-state index contributed by atoms with van der Waals surface area (Å²) in [6, 6.07) is 20.7. The van der Waals surface area contributed by atoms with E-state index in [0.717, 1.165) is 37.7 Å². The topological polar surface area (TPSA) is 64.6 Å². The molecule has 4 heterocycles. The average molecular weight is 653 g/mol. The van der Waals surface area contributed by atoms with Gasteiger partial charge in [-0.1, -0.05) is 102 Å². The largest absolute Gasteiger partial charge is 0.391 e. The lowest BCUT2D eigenvalue weighted by Crippen LogP contribution is -2.67. The Kier molecular flexibility index (Phi) is 10.2. The van der Waals surface area contributed by atoms with E-state index in [1.807, 2.05) is 24.3 Å². The number of benzene rings is 2. The molecule has 0 amide bonds. The van der Waals surface area contributed by atoms with Gasteiger partial charge in [-0.2, -0.15) is 0 Å². The van der Waals surface area contributed by atoms with Crippen molar-refractivity contribution in [1.29, 1.82) is 0 Å². The molecular weight excluding hydrogens is 596 g/mol. The normalized spacial score (nSPS) is 34.5. The summed E-state index contributed by atoms with van der Waals surface area (Å²) in [5.41, 5.74) is 1.84. The fourth-order valence-corrected chi connectivity index (χ4v) is 13.3.